The minimum atomic E-state index is -0.782. The van der Waals surface area contributed by atoms with Crippen molar-refractivity contribution in [3.8, 4) is 6.07 Å². The van der Waals surface area contributed by atoms with E-state index in [4.69, 9.17) is 10.4 Å². The largest absolute Gasteiger partial charge is 0.481 e. The maximum absolute atomic E-state index is 10.5. The monoisotopic (exact) mass is 244 g/mol. The molecule has 1 aliphatic rings. The number of rotatable bonds is 5. The van der Waals surface area contributed by atoms with Gasteiger partial charge in [0.05, 0.1) is 6.07 Å². The summed E-state index contributed by atoms with van der Waals surface area (Å²) in [4.78, 5) is 10.5. The lowest BCUT2D eigenvalue weighted by Crippen LogP contribution is -2.43. The smallest absolute Gasteiger partial charge is 0.303 e. The summed E-state index contributed by atoms with van der Waals surface area (Å²) in [6.07, 6.45) is 3.57. The molecule has 0 amide bonds. The molecule has 0 aliphatic heterocycles. The van der Waals surface area contributed by atoms with Crippen molar-refractivity contribution >= 4 is 11.7 Å². The molecule has 94 valence electrons. The van der Waals surface area contributed by atoms with E-state index < -0.39 is 5.97 Å². The number of nitrogens with zero attached hydrogens (tertiary/aromatic N) is 1. The lowest BCUT2D eigenvalue weighted by Gasteiger charge is -2.36. The Hall–Kier alpha value is -2.02. The van der Waals surface area contributed by atoms with Gasteiger partial charge in [0, 0.05) is 12.1 Å². The Morgan fingerprint density at radius 3 is 2.50 bits per heavy atom. The Morgan fingerprint density at radius 1 is 1.39 bits per heavy atom. The molecule has 0 spiro atoms. The maximum Gasteiger partial charge on any atom is 0.303 e. The summed E-state index contributed by atoms with van der Waals surface area (Å²) < 4.78 is 0. The Labute approximate surface area is 106 Å². The van der Waals surface area contributed by atoms with Crippen LogP contribution in [0.5, 0.6) is 0 Å². The highest BCUT2D eigenvalue weighted by molar-refractivity contribution is 5.67. The first-order valence-electron chi connectivity index (χ1n) is 6.14. The summed E-state index contributed by atoms with van der Waals surface area (Å²) in [6, 6.07) is 9.98. The van der Waals surface area contributed by atoms with Gasteiger partial charge in [-0.25, -0.2) is 0 Å². The van der Waals surface area contributed by atoms with Gasteiger partial charge < -0.3 is 10.4 Å². The van der Waals surface area contributed by atoms with E-state index in [1.807, 2.05) is 24.3 Å². The molecular weight excluding hydrogens is 228 g/mol. The third kappa shape index (κ3) is 2.80. The van der Waals surface area contributed by atoms with Crippen molar-refractivity contribution in [3.63, 3.8) is 0 Å². The van der Waals surface area contributed by atoms with Crippen LogP contribution in [0.1, 0.15) is 31.2 Å². The van der Waals surface area contributed by atoms with Gasteiger partial charge in [-0.15, -0.1) is 0 Å². The zero-order valence-corrected chi connectivity index (χ0v) is 10.1. The predicted molar refractivity (Wildman–Crippen MR) is 68.2 cm³/mol. The molecule has 0 radical (unpaired) electrons. The Kier molecular flexibility index (Phi) is 3.52. The number of aryl methyl sites for hydroxylation is 1. The summed E-state index contributed by atoms with van der Waals surface area (Å²) in [5.74, 6) is -0.782. The van der Waals surface area contributed by atoms with E-state index in [1.165, 1.54) is 0 Å². The number of nitriles is 1. The van der Waals surface area contributed by atoms with Crippen LogP contribution in [0.15, 0.2) is 24.3 Å². The third-order valence-electron chi connectivity index (χ3n) is 3.39. The van der Waals surface area contributed by atoms with Crippen LogP contribution in [-0.4, -0.2) is 16.6 Å². The standard InChI is InChI=1S/C14H16N2O2/c15-10-14(8-1-9-14)16-12-5-2-11(3-6-12)4-7-13(17)18/h2-3,5-6,16H,1,4,7-9H2,(H,17,18). The number of hydrogen-bond acceptors (Lipinski definition) is 3. The number of hydrogen-bond donors (Lipinski definition) is 2. The quantitative estimate of drug-likeness (QED) is 0.834. The van der Waals surface area contributed by atoms with Gasteiger partial charge in [-0.05, 0) is 43.4 Å². The first-order valence-corrected chi connectivity index (χ1v) is 6.14. The van der Waals surface area contributed by atoms with Crippen LogP contribution in [0, 0.1) is 11.3 Å². The predicted octanol–water partition coefficient (Wildman–Crippen LogP) is 2.56. The molecule has 0 heterocycles. The zero-order valence-electron chi connectivity index (χ0n) is 10.1. The van der Waals surface area contributed by atoms with Crippen molar-refractivity contribution in [1.29, 1.82) is 5.26 Å². The number of aliphatic carboxylic acids is 1. The molecule has 2 N–H and O–H groups in total. The molecular formula is C14H16N2O2. The first-order chi connectivity index (χ1) is 8.63. The van der Waals surface area contributed by atoms with E-state index in [2.05, 4.69) is 11.4 Å². The molecule has 1 aliphatic carbocycles. The zero-order chi connectivity index (χ0) is 13.0. The van der Waals surface area contributed by atoms with Gasteiger partial charge in [0.25, 0.3) is 0 Å². The molecule has 1 aromatic carbocycles. The molecule has 18 heavy (non-hydrogen) atoms. The van der Waals surface area contributed by atoms with E-state index in [9.17, 15) is 4.79 Å². The Morgan fingerprint density at radius 2 is 2.06 bits per heavy atom. The van der Waals surface area contributed by atoms with Gasteiger partial charge in [-0.3, -0.25) is 4.79 Å². The number of anilines is 1. The van der Waals surface area contributed by atoms with Crippen molar-refractivity contribution in [1.82, 2.24) is 0 Å². The summed E-state index contributed by atoms with van der Waals surface area (Å²) in [5, 5.41) is 21.0. The summed E-state index contributed by atoms with van der Waals surface area (Å²) in [5.41, 5.74) is 1.54. The number of carbonyl (C=O) groups is 1. The minimum absolute atomic E-state index is 0.148. The van der Waals surface area contributed by atoms with E-state index in [-0.39, 0.29) is 12.0 Å². The summed E-state index contributed by atoms with van der Waals surface area (Å²) in [6.45, 7) is 0. The third-order valence-corrected chi connectivity index (χ3v) is 3.39. The minimum Gasteiger partial charge on any atom is -0.481 e. The lowest BCUT2D eigenvalue weighted by molar-refractivity contribution is -0.136. The number of nitrogens with one attached hydrogen (secondary N) is 1. The average molecular weight is 244 g/mol. The van der Waals surface area contributed by atoms with Crippen molar-refractivity contribution in [2.75, 3.05) is 5.32 Å². The second kappa shape index (κ2) is 5.09. The number of benzene rings is 1. The molecule has 1 fully saturated rings. The Bertz CT molecular complexity index is 470. The van der Waals surface area contributed by atoms with Gasteiger partial charge in [0.15, 0.2) is 0 Å². The summed E-state index contributed by atoms with van der Waals surface area (Å²) in [7, 11) is 0. The highest BCUT2D eigenvalue weighted by atomic mass is 16.4. The van der Waals surface area contributed by atoms with Crippen LogP contribution in [0.25, 0.3) is 0 Å². The highest BCUT2D eigenvalue weighted by Crippen LogP contribution is 2.34. The van der Waals surface area contributed by atoms with E-state index in [0.29, 0.717) is 6.42 Å². The number of carboxylic acid groups (broad SMARTS) is 1. The van der Waals surface area contributed by atoms with Crippen LogP contribution in [0.3, 0.4) is 0 Å². The van der Waals surface area contributed by atoms with Crippen molar-refractivity contribution in [3.05, 3.63) is 29.8 Å². The van der Waals surface area contributed by atoms with Gasteiger partial charge in [-0.2, -0.15) is 5.26 Å². The fourth-order valence-corrected chi connectivity index (χ4v) is 2.08. The molecule has 4 heteroatoms. The van der Waals surface area contributed by atoms with Crippen LogP contribution in [0.4, 0.5) is 5.69 Å². The molecule has 0 bridgehead atoms. The second-order valence-electron chi connectivity index (χ2n) is 4.76. The molecule has 0 saturated heterocycles. The SMILES string of the molecule is N#CC1(Nc2ccc(CCC(=O)O)cc2)CCC1. The van der Waals surface area contributed by atoms with Gasteiger partial charge >= 0.3 is 5.97 Å². The van der Waals surface area contributed by atoms with Crippen molar-refractivity contribution in [2.45, 2.75) is 37.6 Å². The molecule has 2 rings (SSSR count). The normalized spacial score (nSPS) is 16.4. The molecule has 1 aromatic rings. The fourth-order valence-electron chi connectivity index (χ4n) is 2.08. The van der Waals surface area contributed by atoms with E-state index in [0.717, 1.165) is 30.5 Å². The molecule has 4 nitrogen and oxygen atoms in total. The average Bonchev–Trinajstić information content (AvgIpc) is 2.33. The molecule has 0 atom stereocenters. The first kappa shape index (κ1) is 12.4. The molecule has 0 unspecified atom stereocenters. The Balaban J connectivity index is 1.95. The molecule has 0 aromatic heterocycles. The number of carboxylic acids is 1. The fraction of sp³-hybridized carbons (Fsp3) is 0.429. The lowest BCUT2D eigenvalue weighted by atomic mass is 9.78. The van der Waals surface area contributed by atoms with Gasteiger partial charge in [-0.1, -0.05) is 12.1 Å². The topological polar surface area (TPSA) is 73.1 Å². The van der Waals surface area contributed by atoms with Crippen molar-refractivity contribution < 1.29 is 9.90 Å². The highest BCUT2D eigenvalue weighted by Gasteiger charge is 2.36. The molecule has 1 saturated carbocycles. The van der Waals surface area contributed by atoms with Gasteiger partial charge in [0.1, 0.15) is 5.54 Å². The van der Waals surface area contributed by atoms with Crippen LogP contribution in [0.2, 0.25) is 0 Å². The second-order valence-corrected chi connectivity index (χ2v) is 4.76. The van der Waals surface area contributed by atoms with Crippen molar-refractivity contribution in [2.24, 2.45) is 0 Å². The van der Waals surface area contributed by atoms with Crippen LogP contribution < -0.4 is 5.32 Å². The van der Waals surface area contributed by atoms with E-state index >= 15 is 0 Å². The van der Waals surface area contributed by atoms with Crippen LogP contribution >= 0.6 is 0 Å². The maximum atomic E-state index is 10.5. The van der Waals surface area contributed by atoms with Crippen LogP contribution in [-0.2, 0) is 11.2 Å². The summed E-state index contributed by atoms with van der Waals surface area (Å²) >= 11 is 0. The van der Waals surface area contributed by atoms with E-state index in [1.54, 1.807) is 0 Å². The van der Waals surface area contributed by atoms with Gasteiger partial charge in [0.2, 0.25) is 0 Å².